The Morgan fingerprint density at radius 2 is 1.92 bits per heavy atom. The number of hydrogen-bond acceptors (Lipinski definition) is 6. The lowest BCUT2D eigenvalue weighted by molar-refractivity contribution is 0.401. The van der Waals surface area contributed by atoms with Crippen molar-refractivity contribution in [3.05, 3.63) is 36.2 Å². The van der Waals surface area contributed by atoms with Gasteiger partial charge in [0.1, 0.15) is 12.7 Å². The van der Waals surface area contributed by atoms with Crippen molar-refractivity contribution in [1.82, 2.24) is 19.9 Å². The van der Waals surface area contributed by atoms with Gasteiger partial charge in [-0.1, -0.05) is 6.92 Å². The van der Waals surface area contributed by atoms with E-state index in [1.54, 1.807) is 0 Å². The summed E-state index contributed by atoms with van der Waals surface area (Å²) in [5.41, 5.74) is 0.436. The molecule has 0 radical (unpaired) electrons. The van der Waals surface area contributed by atoms with Gasteiger partial charge in [0.25, 0.3) is 0 Å². The molecule has 8 heteroatoms. The molecule has 0 aliphatic carbocycles. The second-order valence-electron chi connectivity index (χ2n) is 6.32. The summed E-state index contributed by atoms with van der Waals surface area (Å²) in [6.07, 6.45) is 6.28. The first-order valence-electron chi connectivity index (χ1n) is 8.51. The summed E-state index contributed by atoms with van der Waals surface area (Å²) >= 11 is 0. The quantitative estimate of drug-likeness (QED) is 0.827. The minimum atomic E-state index is -0.395. The van der Waals surface area contributed by atoms with Crippen molar-refractivity contribution in [1.29, 1.82) is 0 Å². The Morgan fingerprint density at radius 1 is 1.16 bits per heavy atom. The van der Waals surface area contributed by atoms with Crippen molar-refractivity contribution >= 4 is 11.6 Å². The van der Waals surface area contributed by atoms with Crippen LogP contribution in [0.4, 0.5) is 20.4 Å². The zero-order chi connectivity index (χ0) is 17.8. The fourth-order valence-electron chi connectivity index (χ4n) is 3.25. The molecule has 0 bridgehead atoms. The lowest BCUT2D eigenvalue weighted by atomic mass is 9.96. The van der Waals surface area contributed by atoms with Gasteiger partial charge in [-0.3, -0.25) is 0 Å². The molecule has 0 amide bonds. The molecule has 6 nitrogen and oxygen atoms in total. The van der Waals surface area contributed by atoms with E-state index in [2.05, 4.69) is 19.9 Å². The average Bonchev–Trinajstić information content (AvgIpc) is 2.63. The molecule has 25 heavy (non-hydrogen) atoms. The van der Waals surface area contributed by atoms with Gasteiger partial charge in [0.15, 0.2) is 23.3 Å². The normalized spacial score (nSPS) is 15.4. The molecule has 2 aromatic heterocycles. The van der Waals surface area contributed by atoms with Gasteiger partial charge >= 0.3 is 0 Å². The molecule has 3 heterocycles. The number of nitrogens with zero attached hydrogens (tertiary/aromatic N) is 6. The van der Waals surface area contributed by atoms with Crippen LogP contribution in [0.3, 0.4) is 0 Å². The first-order valence-corrected chi connectivity index (χ1v) is 8.51. The van der Waals surface area contributed by atoms with Crippen molar-refractivity contribution in [3.63, 3.8) is 0 Å². The van der Waals surface area contributed by atoms with Crippen molar-refractivity contribution < 1.29 is 8.78 Å². The van der Waals surface area contributed by atoms with Crippen LogP contribution in [0.15, 0.2) is 18.9 Å². The maximum absolute atomic E-state index is 14.4. The molecule has 1 fully saturated rings. The van der Waals surface area contributed by atoms with Crippen molar-refractivity contribution in [2.45, 2.75) is 26.2 Å². The number of aryl methyl sites for hydroxylation is 1. The van der Waals surface area contributed by atoms with Crippen molar-refractivity contribution in [2.24, 2.45) is 5.92 Å². The van der Waals surface area contributed by atoms with Gasteiger partial charge in [0.05, 0.1) is 11.9 Å². The van der Waals surface area contributed by atoms with Crippen LogP contribution in [0.1, 0.15) is 25.5 Å². The summed E-state index contributed by atoms with van der Waals surface area (Å²) in [7, 11) is 1.85. The summed E-state index contributed by atoms with van der Waals surface area (Å²) in [5, 5.41) is 0. The second kappa shape index (κ2) is 7.67. The zero-order valence-corrected chi connectivity index (χ0v) is 14.5. The average molecular weight is 348 g/mol. The van der Waals surface area contributed by atoms with E-state index in [0.717, 1.165) is 25.9 Å². The molecule has 0 atom stereocenters. The predicted octanol–water partition coefficient (Wildman–Crippen LogP) is 2.46. The van der Waals surface area contributed by atoms with E-state index >= 15 is 0 Å². The predicted molar refractivity (Wildman–Crippen MR) is 91.6 cm³/mol. The third kappa shape index (κ3) is 3.83. The monoisotopic (exact) mass is 348 g/mol. The first kappa shape index (κ1) is 17.4. The number of halogens is 2. The summed E-state index contributed by atoms with van der Waals surface area (Å²) in [5.74, 6) is 0.360. The lowest BCUT2D eigenvalue weighted by Crippen LogP contribution is -2.39. The molecule has 0 N–H and O–H groups in total. The molecule has 0 spiro atoms. The first-order chi connectivity index (χ1) is 12.1. The highest BCUT2D eigenvalue weighted by atomic mass is 19.1. The number of hydrogen-bond donors (Lipinski definition) is 0. The third-order valence-corrected chi connectivity index (χ3v) is 4.63. The summed E-state index contributed by atoms with van der Waals surface area (Å²) in [4.78, 5) is 19.6. The summed E-state index contributed by atoms with van der Waals surface area (Å²) in [6, 6.07) is 0. The molecular weight excluding hydrogens is 326 g/mol. The Morgan fingerprint density at radius 3 is 2.60 bits per heavy atom. The van der Waals surface area contributed by atoms with Crippen LogP contribution in [-0.2, 0) is 6.42 Å². The van der Waals surface area contributed by atoms with Gasteiger partial charge < -0.3 is 9.80 Å². The van der Waals surface area contributed by atoms with E-state index < -0.39 is 5.82 Å². The van der Waals surface area contributed by atoms with Gasteiger partial charge in [-0.25, -0.2) is 28.7 Å². The van der Waals surface area contributed by atoms with Gasteiger partial charge in [-0.15, -0.1) is 0 Å². The van der Waals surface area contributed by atoms with Crippen molar-refractivity contribution in [3.8, 4) is 0 Å². The number of anilines is 2. The van der Waals surface area contributed by atoms with Crippen LogP contribution in [0.2, 0.25) is 0 Å². The van der Waals surface area contributed by atoms with Crippen LogP contribution in [0.5, 0.6) is 0 Å². The summed E-state index contributed by atoms with van der Waals surface area (Å²) < 4.78 is 28.2. The Balaban J connectivity index is 1.60. The molecule has 0 unspecified atom stereocenters. The van der Waals surface area contributed by atoms with E-state index in [9.17, 15) is 8.78 Å². The molecule has 1 saturated heterocycles. The van der Waals surface area contributed by atoms with Crippen molar-refractivity contribution in [2.75, 3.05) is 36.5 Å². The third-order valence-electron chi connectivity index (χ3n) is 4.63. The van der Waals surface area contributed by atoms with Crippen LogP contribution in [0.25, 0.3) is 0 Å². The molecule has 3 rings (SSSR count). The molecule has 134 valence electrons. The lowest BCUT2D eigenvalue weighted by Gasteiger charge is -2.34. The SMILES string of the molecule is CCc1ncnc(N(C)CC2CCN(c3ncncc3F)CC2)c1F. The maximum atomic E-state index is 14.4. The molecule has 2 aromatic rings. The van der Waals surface area contributed by atoms with Crippen LogP contribution < -0.4 is 9.80 Å². The number of piperidine rings is 1. The van der Waals surface area contributed by atoms with Gasteiger partial charge in [0.2, 0.25) is 0 Å². The molecule has 0 aromatic carbocycles. The minimum Gasteiger partial charge on any atom is -0.357 e. The van der Waals surface area contributed by atoms with Gasteiger partial charge in [0, 0.05) is 26.7 Å². The van der Waals surface area contributed by atoms with E-state index in [0.29, 0.717) is 36.2 Å². The van der Waals surface area contributed by atoms with Crippen LogP contribution in [-0.4, -0.2) is 46.6 Å². The largest absolute Gasteiger partial charge is 0.357 e. The van der Waals surface area contributed by atoms with E-state index in [4.69, 9.17) is 0 Å². The Hall–Kier alpha value is -2.38. The zero-order valence-electron chi connectivity index (χ0n) is 14.5. The highest BCUT2D eigenvalue weighted by Gasteiger charge is 2.24. The fraction of sp³-hybridized carbons (Fsp3) is 0.529. The smallest absolute Gasteiger partial charge is 0.187 e. The fourth-order valence-corrected chi connectivity index (χ4v) is 3.25. The van der Waals surface area contributed by atoms with Crippen LogP contribution >= 0.6 is 0 Å². The summed E-state index contributed by atoms with van der Waals surface area (Å²) in [6.45, 7) is 4.02. The Bertz CT molecular complexity index is 718. The van der Waals surface area contributed by atoms with Crippen LogP contribution in [0, 0.1) is 17.6 Å². The van der Waals surface area contributed by atoms with E-state index in [1.807, 2.05) is 23.8 Å². The molecule has 1 aliphatic heterocycles. The highest BCUT2D eigenvalue weighted by Crippen LogP contribution is 2.25. The highest BCUT2D eigenvalue weighted by molar-refractivity contribution is 5.41. The molecule has 0 saturated carbocycles. The number of rotatable bonds is 5. The van der Waals surface area contributed by atoms with E-state index in [1.165, 1.54) is 18.9 Å². The van der Waals surface area contributed by atoms with Gasteiger partial charge in [-0.2, -0.15) is 0 Å². The van der Waals surface area contributed by atoms with Gasteiger partial charge in [-0.05, 0) is 25.2 Å². The Kier molecular flexibility index (Phi) is 5.35. The second-order valence-corrected chi connectivity index (χ2v) is 6.32. The van der Waals surface area contributed by atoms with E-state index in [-0.39, 0.29) is 5.82 Å². The Labute approximate surface area is 145 Å². The molecular formula is C17H22F2N6. The maximum Gasteiger partial charge on any atom is 0.187 e. The standard InChI is InChI=1S/C17H22F2N6/c1-3-14-15(19)17(23-11-21-14)24(2)9-12-4-6-25(7-5-12)16-13(18)8-20-10-22-16/h8,10-12H,3-7,9H2,1-2H3. The number of aromatic nitrogens is 4. The minimum absolute atomic E-state index is 0.340. The molecule has 1 aliphatic rings. The topological polar surface area (TPSA) is 58.0 Å².